The lowest BCUT2D eigenvalue weighted by atomic mass is 9.97. The average Bonchev–Trinajstić information content (AvgIpc) is 2.84. The predicted molar refractivity (Wildman–Crippen MR) is 76.4 cm³/mol. The van der Waals surface area contributed by atoms with Gasteiger partial charge in [0.25, 0.3) is 0 Å². The highest BCUT2D eigenvalue weighted by Gasteiger charge is 2.23. The van der Waals surface area contributed by atoms with Crippen molar-refractivity contribution >= 4 is 22.4 Å². The van der Waals surface area contributed by atoms with Crippen molar-refractivity contribution in [1.82, 2.24) is 10.3 Å². The van der Waals surface area contributed by atoms with E-state index in [1.807, 2.05) is 26.2 Å². The molecule has 0 amide bonds. The summed E-state index contributed by atoms with van der Waals surface area (Å²) in [6, 6.07) is 0. The minimum absolute atomic E-state index is 0.191. The molecular weight excluding hydrogens is 262 g/mol. The summed E-state index contributed by atoms with van der Waals surface area (Å²) in [5.74, 6) is -0.191. The van der Waals surface area contributed by atoms with Crippen LogP contribution in [0.3, 0.4) is 0 Å². The Bertz CT molecular complexity index is 433. The summed E-state index contributed by atoms with van der Waals surface area (Å²) in [5, 5.41) is 6.30. The number of piperazine rings is 1. The third-order valence-corrected chi connectivity index (χ3v) is 3.84. The van der Waals surface area contributed by atoms with E-state index < -0.39 is 5.41 Å². The molecule has 5 nitrogen and oxygen atoms in total. The quantitative estimate of drug-likeness (QED) is 0.855. The Labute approximate surface area is 118 Å². The van der Waals surface area contributed by atoms with Crippen LogP contribution < -0.4 is 10.2 Å². The molecule has 0 saturated carbocycles. The van der Waals surface area contributed by atoms with Crippen LogP contribution >= 0.6 is 11.3 Å². The standard InChI is InChI=1S/C13H21N3O2S/c1-13(2,3)11(17)18-8-10-9-19-12(15-10)16-6-4-14-5-7-16/h9,14H,4-8H2,1-3H3. The van der Waals surface area contributed by atoms with Crippen molar-refractivity contribution in [1.29, 1.82) is 0 Å². The first-order valence-corrected chi connectivity index (χ1v) is 7.42. The average molecular weight is 283 g/mol. The third-order valence-electron chi connectivity index (χ3n) is 2.89. The second-order valence-corrected chi connectivity index (χ2v) is 6.52. The molecule has 1 aromatic heterocycles. The number of thiazole rings is 1. The maximum atomic E-state index is 11.7. The van der Waals surface area contributed by atoms with Crippen molar-refractivity contribution in [2.45, 2.75) is 27.4 Å². The van der Waals surface area contributed by atoms with E-state index >= 15 is 0 Å². The number of ether oxygens (including phenoxy) is 1. The molecule has 1 saturated heterocycles. The summed E-state index contributed by atoms with van der Waals surface area (Å²) in [4.78, 5) is 18.5. The van der Waals surface area contributed by atoms with Crippen LogP contribution in [0.2, 0.25) is 0 Å². The highest BCUT2D eigenvalue weighted by molar-refractivity contribution is 7.13. The van der Waals surface area contributed by atoms with Gasteiger partial charge in [0.05, 0.1) is 11.1 Å². The zero-order valence-corrected chi connectivity index (χ0v) is 12.5. The van der Waals surface area contributed by atoms with Gasteiger partial charge in [-0.25, -0.2) is 4.98 Å². The van der Waals surface area contributed by atoms with Crippen molar-refractivity contribution in [2.75, 3.05) is 31.1 Å². The number of aromatic nitrogens is 1. The molecule has 0 aliphatic carbocycles. The van der Waals surface area contributed by atoms with Gasteiger partial charge in [0.2, 0.25) is 0 Å². The molecule has 1 fully saturated rings. The highest BCUT2D eigenvalue weighted by Crippen LogP contribution is 2.22. The molecule has 0 spiro atoms. The minimum atomic E-state index is -0.461. The Morgan fingerprint density at radius 1 is 1.47 bits per heavy atom. The van der Waals surface area contributed by atoms with Crippen LogP contribution in [-0.4, -0.2) is 37.1 Å². The fourth-order valence-electron chi connectivity index (χ4n) is 1.72. The van der Waals surface area contributed by atoms with Crippen molar-refractivity contribution < 1.29 is 9.53 Å². The first-order valence-electron chi connectivity index (χ1n) is 6.54. The first-order chi connectivity index (χ1) is 8.97. The summed E-state index contributed by atoms with van der Waals surface area (Å²) < 4.78 is 5.27. The summed E-state index contributed by atoms with van der Waals surface area (Å²) in [5.41, 5.74) is 0.369. The maximum Gasteiger partial charge on any atom is 0.311 e. The Balaban J connectivity index is 1.89. The number of nitrogens with one attached hydrogen (secondary N) is 1. The number of hydrogen-bond donors (Lipinski definition) is 1. The molecule has 0 bridgehead atoms. The molecule has 0 aromatic carbocycles. The number of rotatable bonds is 3. The van der Waals surface area contributed by atoms with Gasteiger partial charge in [0.15, 0.2) is 5.13 Å². The van der Waals surface area contributed by atoms with E-state index in [1.165, 1.54) is 0 Å². The zero-order valence-electron chi connectivity index (χ0n) is 11.7. The molecule has 0 atom stereocenters. The lowest BCUT2D eigenvalue weighted by molar-refractivity contribution is -0.154. The van der Waals surface area contributed by atoms with Gasteiger partial charge in [-0.3, -0.25) is 4.79 Å². The third kappa shape index (κ3) is 3.91. The monoisotopic (exact) mass is 283 g/mol. The zero-order chi connectivity index (χ0) is 13.9. The van der Waals surface area contributed by atoms with Crippen LogP contribution in [0.25, 0.3) is 0 Å². The maximum absolute atomic E-state index is 11.7. The van der Waals surface area contributed by atoms with E-state index in [2.05, 4.69) is 15.2 Å². The molecule has 0 radical (unpaired) electrons. The molecule has 0 unspecified atom stereocenters. The summed E-state index contributed by atoms with van der Waals surface area (Å²) >= 11 is 1.61. The van der Waals surface area contributed by atoms with Crippen LogP contribution in [0.1, 0.15) is 26.5 Å². The molecule has 1 N–H and O–H groups in total. The minimum Gasteiger partial charge on any atom is -0.459 e. The van der Waals surface area contributed by atoms with E-state index in [4.69, 9.17) is 4.74 Å². The number of nitrogens with zero attached hydrogens (tertiary/aromatic N) is 2. The van der Waals surface area contributed by atoms with Crippen LogP contribution in [0.15, 0.2) is 5.38 Å². The van der Waals surface area contributed by atoms with Gasteiger partial charge in [-0.2, -0.15) is 0 Å². The van der Waals surface area contributed by atoms with Gasteiger partial charge in [-0.1, -0.05) is 0 Å². The van der Waals surface area contributed by atoms with Crippen molar-refractivity contribution in [3.63, 3.8) is 0 Å². The molecule has 1 aliphatic heterocycles. The Morgan fingerprint density at radius 2 is 2.16 bits per heavy atom. The van der Waals surface area contributed by atoms with Gasteiger partial charge >= 0.3 is 5.97 Å². The van der Waals surface area contributed by atoms with E-state index in [0.717, 1.165) is 37.0 Å². The second-order valence-electron chi connectivity index (χ2n) is 5.68. The largest absolute Gasteiger partial charge is 0.459 e. The SMILES string of the molecule is CC(C)(C)C(=O)OCc1csc(N2CCNCC2)n1. The first kappa shape index (κ1) is 14.3. The fourth-order valence-corrected chi connectivity index (χ4v) is 2.58. The normalized spacial score (nSPS) is 16.5. The molecule has 1 aliphatic rings. The number of esters is 1. The summed E-state index contributed by atoms with van der Waals surface area (Å²) in [7, 11) is 0. The van der Waals surface area contributed by atoms with Crippen LogP contribution in [0.5, 0.6) is 0 Å². The van der Waals surface area contributed by atoms with E-state index in [1.54, 1.807) is 11.3 Å². The fraction of sp³-hybridized carbons (Fsp3) is 0.692. The number of carbonyl (C=O) groups excluding carboxylic acids is 1. The molecule has 19 heavy (non-hydrogen) atoms. The Kier molecular flexibility index (Phi) is 4.42. The summed E-state index contributed by atoms with van der Waals surface area (Å²) in [6.45, 7) is 9.76. The van der Waals surface area contributed by atoms with E-state index in [-0.39, 0.29) is 12.6 Å². The second kappa shape index (κ2) is 5.88. The lowest BCUT2D eigenvalue weighted by Gasteiger charge is -2.26. The molecular formula is C13H21N3O2S. The van der Waals surface area contributed by atoms with Gasteiger partial charge in [-0.05, 0) is 20.8 Å². The lowest BCUT2D eigenvalue weighted by Crippen LogP contribution is -2.43. The van der Waals surface area contributed by atoms with Gasteiger partial charge in [-0.15, -0.1) is 11.3 Å². The van der Waals surface area contributed by atoms with Crippen molar-refractivity contribution in [2.24, 2.45) is 5.41 Å². The summed E-state index contributed by atoms with van der Waals surface area (Å²) in [6.07, 6.45) is 0. The van der Waals surface area contributed by atoms with Crippen molar-refractivity contribution in [3.05, 3.63) is 11.1 Å². The smallest absolute Gasteiger partial charge is 0.311 e. The predicted octanol–water partition coefficient (Wildman–Crippen LogP) is 1.64. The molecule has 2 heterocycles. The van der Waals surface area contributed by atoms with Crippen molar-refractivity contribution in [3.8, 4) is 0 Å². The van der Waals surface area contributed by atoms with Crippen LogP contribution in [0.4, 0.5) is 5.13 Å². The number of carbonyl (C=O) groups is 1. The molecule has 2 rings (SSSR count). The van der Waals surface area contributed by atoms with E-state index in [0.29, 0.717) is 0 Å². The molecule has 6 heteroatoms. The number of anilines is 1. The topological polar surface area (TPSA) is 54.5 Å². The Morgan fingerprint density at radius 3 is 2.79 bits per heavy atom. The van der Waals surface area contributed by atoms with Crippen LogP contribution in [0, 0.1) is 5.41 Å². The van der Waals surface area contributed by atoms with E-state index in [9.17, 15) is 4.79 Å². The molecule has 1 aromatic rings. The number of hydrogen-bond acceptors (Lipinski definition) is 6. The Hall–Kier alpha value is -1.14. The van der Waals surface area contributed by atoms with Crippen LogP contribution in [-0.2, 0) is 16.1 Å². The van der Waals surface area contributed by atoms with Gasteiger partial charge in [0.1, 0.15) is 6.61 Å². The molecule has 106 valence electrons. The van der Waals surface area contributed by atoms with Gasteiger partial charge < -0.3 is 15.0 Å². The van der Waals surface area contributed by atoms with Gasteiger partial charge in [0, 0.05) is 31.6 Å². The highest BCUT2D eigenvalue weighted by atomic mass is 32.1.